The van der Waals surface area contributed by atoms with Gasteiger partial charge in [-0.2, -0.15) is 0 Å². The first-order valence-corrected chi connectivity index (χ1v) is 5.99. The highest BCUT2D eigenvalue weighted by Crippen LogP contribution is 2.21. The van der Waals surface area contributed by atoms with Gasteiger partial charge < -0.3 is 18.9 Å². The third kappa shape index (κ3) is 4.61. The smallest absolute Gasteiger partial charge is 0.306 e. The molecule has 3 radical (unpaired) electrons. The van der Waals surface area contributed by atoms with Gasteiger partial charge in [0.2, 0.25) is 0 Å². The zero-order chi connectivity index (χ0) is 11.7. The summed E-state index contributed by atoms with van der Waals surface area (Å²) < 4.78 is 21.9. The Kier molecular flexibility index (Phi) is 8.27. The first kappa shape index (κ1) is 15.1. The molecule has 0 saturated heterocycles. The van der Waals surface area contributed by atoms with E-state index in [-0.39, 0.29) is 0 Å². The monoisotopic (exact) mass is 233 g/mol. The van der Waals surface area contributed by atoms with Crippen molar-refractivity contribution >= 4 is 10.2 Å². The first-order chi connectivity index (χ1) is 7.16. The summed E-state index contributed by atoms with van der Waals surface area (Å²) in [7, 11) is 3.42. The van der Waals surface area contributed by atoms with Crippen LogP contribution in [0.4, 0.5) is 0 Å². The van der Waals surface area contributed by atoms with Crippen LogP contribution < -0.4 is 0 Å². The number of hydrogen-bond donors (Lipinski definition) is 0. The molecule has 0 bridgehead atoms. The van der Waals surface area contributed by atoms with Crippen LogP contribution in [0.25, 0.3) is 0 Å². The predicted octanol–water partition coefficient (Wildman–Crippen LogP) is 1.28. The predicted molar refractivity (Wildman–Crippen MR) is 58.8 cm³/mol. The average Bonchev–Trinajstić information content (AvgIpc) is 2.19. The number of ether oxygens (including phenoxy) is 4. The first-order valence-electron chi connectivity index (χ1n) is 5.41. The summed E-state index contributed by atoms with van der Waals surface area (Å²) in [6, 6.07) is 0. The van der Waals surface area contributed by atoms with E-state index in [2.05, 4.69) is 10.2 Å². The molecule has 0 heterocycles. The molecule has 0 spiro atoms. The van der Waals surface area contributed by atoms with E-state index in [0.717, 1.165) is 0 Å². The third-order valence-corrected chi connectivity index (χ3v) is 2.21. The van der Waals surface area contributed by atoms with E-state index < -0.39 is 11.7 Å². The summed E-state index contributed by atoms with van der Waals surface area (Å²) in [4.78, 5) is 0. The summed E-state index contributed by atoms with van der Waals surface area (Å²) in [6.07, 6.45) is 0. The molecule has 1 atom stereocenters. The van der Waals surface area contributed by atoms with Gasteiger partial charge >= 0.3 is 5.97 Å². The van der Waals surface area contributed by atoms with Crippen LogP contribution >= 0.6 is 0 Å². The van der Waals surface area contributed by atoms with Crippen LogP contribution in [0.5, 0.6) is 0 Å². The molecule has 0 rings (SSSR count). The normalized spacial score (nSPS) is 14.2. The lowest BCUT2D eigenvalue weighted by Crippen LogP contribution is -2.51. The van der Waals surface area contributed by atoms with Crippen LogP contribution in [0.3, 0.4) is 0 Å². The van der Waals surface area contributed by atoms with Gasteiger partial charge in [0, 0.05) is 26.4 Å². The van der Waals surface area contributed by atoms with Crippen molar-refractivity contribution in [2.24, 2.45) is 0 Å². The Morgan fingerprint density at radius 2 is 1.27 bits per heavy atom. The Morgan fingerprint density at radius 3 is 1.53 bits per heavy atom. The van der Waals surface area contributed by atoms with Gasteiger partial charge in [0.15, 0.2) is 0 Å². The third-order valence-electron chi connectivity index (χ3n) is 1.69. The molecular weight excluding hydrogens is 212 g/mol. The minimum absolute atomic E-state index is 0.442. The van der Waals surface area contributed by atoms with Gasteiger partial charge in [-0.15, -0.1) is 0 Å². The maximum absolute atomic E-state index is 5.51. The summed E-state index contributed by atoms with van der Waals surface area (Å²) in [5.74, 6) is -1.15. The SMILES string of the molecule is CCOC([Si])C(OCC)(OCC)OCC. The molecule has 4 nitrogen and oxygen atoms in total. The Balaban J connectivity index is 4.57. The second-order valence-corrected chi connectivity index (χ2v) is 3.26. The largest absolute Gasteiger partial charge is 0.374 e. The van der Waals surface area contributed by atoms with Gasteiger partial charge in [0.25, 0.3) is 0 Å². The molecular formula is C10H21O4Si. The summed E-state index contributed by atoms with van der Waals surface area (Å²) >= 11 is 0. The van der Waals surface area contributed by atoms with Crippen molar-refractivity contribution in [3.63, 3.8) is 0 Å². The van der Waals surface area contributed by atoms with E-state index in [4.69, 9.17) is 18.9 Å². The highest BCUT2D eigenvalue weighted by atomic mass is 28.1. The number of rotatable bonds is 9. The van der Waals surface area contributed by atoms with Crippen molar-refractivity contribution in [2.45, 2.75) is 39.4 Å². The molecule has 0 aromatic rings. The van der Waals surface area contributed by atoms with Gasteiger partial charge in [0.1, 0.15) is 5.73 Å². The lowest BCUT2D eigenvalue weighted by molar-refractivity contribution is -0.400. The lowest BCUT2D eigenvalue weighted by Gasteiger charge is -2.36. The lowest BCUT2D eigenvalue weighted by atomic mass is 10.5. The molecule has 0 aromatic carbocycles. The Morgan fingerprint density at radius 1 is 0.867 bits per heavy atom. The van der Waals surface area contributed by atoms with E-state index in [0.29, 0.717) is 26.4 Å². The fourth-order valence-electron chi connectivity index (χ4n) is 1.22. The summed E-state index contributed by atoms with van der Waals surface area (Å²) in [5, 5.41) is 0. The van der Waals surface area contributed by atoms with Crippen LogP contribution in [0, 0.1) is 0 Å². The topological polar surface area (TPSA) is 36.9 Å². The zero-order valence-electron chi connectivity index (χ0n) is 10.0. The zero-order valence-corrected chi connectivity index (χ0v) is 11.0. The summed E-state index contributed by atoms with van der Waals surface area (Å²) in [5.41, 5.74) is -0.442. The van der Waals surface area contributed by atoms with Gasteiger partial charge in [-0.25, -0.2) is 0 Å². The molecule has 89 valence electrons. The maximum atomic E-state index is 5.51. The van der Waals surface area contributed by atoms with Crippen molar-refractivity contribution in [1.29, 1.82) is 0 Å². The van der Waals surface area contributed by atoms with Crippen LogP contribution in [0.1, 0.15) is 27.7 Å². The highest BCUT2D eigenvalue weighted by molar-refractivity contribution is 6.11. The molecule has 0 fully saturated rings. The molecule has 0 N–H and O–H groups in total. The number of hydrogen-bond acceptors (Lipinski definition) is 4. The molecule has 0 aromatic heterocycles. The van der Waals surface area contributed by atoms with E-state index >= 15 is 0 Å². The second kappa shape index (κ2) is 8.24. The van der Waals surface area contributed by atoms with Crippen molar-refractivity contribution in [3.05, 3.63) is 0 Å². The molecule has 0 aliphatic heterocycles. The van der Waals surface area contributed by atoms with E-state index in [1.807, 2.05) is 27.7 Å². The van der Waals surface area contributed by atoms with Crippen molar-refractivity contribution in [3.8, 4) is 0 Å². The highest BCUT2D eigenvalue weighted by Gasteiger charge is 2.40. The van der Waals surface area contributed by atoms with Gasteiger partial charge in [-0.05, 0) is 27.7 Å². The quantitative estimate of drug-likeness (QED) is 0.444. The molecule has 0 aliphatic rings. The summed E-state index contributed by atoms with van der Waals surface area (Å²) in [6.45, 7) is 9.61. The molecule has 5 heteroatoms. The Bertz CT molecular complexity index is 137. The van der Waals surface area contributed by atoms with Crippen LogP contribution in [-0.4, -0.2) is 48.4 Å². The van der Waals surface area contributed by atoms with Gasteiger partial charge in [-0.3, -0.25) is 0 Å². The van der Waals surface area contributed by atoms with Crippen molar-refractivity contribution < 1.29 is 18.9 Å². The fourth-order valence-corrected chi connectivity index (χ4v) is 1.64. The molecule has 0 aliphatic carbocycles. The van der Waals surface area contributed by atoms with E-state index in [9.17, 15) is 0 Å². The second-order valence-electron chi connectivity index (χ2n) is 2.74. The molecule has 0 amide bonds. The van der Waals surface area contributed by atoms with Crippen molar-refractivity contribution in [2.75, 3.05) is 26.4 Å². The van der Waals surface area contributed by atoms with Gasteiger partial charge in [0.05, 0.1) is 10.2 Å². The molecule has 15 heavy (non-hydrogen) atoms. The molecule has 0 saturated carbocycles. The minimum atomic E-state index is -1.15. The Hall–Kier alpha value is 0.0569. The molecule has 1 unspecified atom stereocenters. The van der Waals surface area contributed by atoms with Gasteiger partial charge in [-0.1, -0.05) is 0 Å². The van der Waals surface area contributed by atoms with Crippen LogP contribution in [-0.2, 0) is 18.9 Å². The Labute approximate surface area is 95.6 Å². The van der Waals surface area contributed by atoms with Crippen molar-refractivity contribution in [1.82, 2.24) is 0 Å². The van der Waals surface area contributed by atoms with Crippen LogP contribution in [0.15, 0.2) is 0 Å². The minimum Gasteiger partial charge on any atom is -0.374 e. The maximum Gasteiger partial charge on any atom is 0.306 e. The van der Waals surface area contributed by atoms with E-state index in [1.165, 1.54) is 0 Å². The standard InChI is InChI=1S/C10H21O4Si/c1-5-11-9(15)10(12-6-2,13-7-3)14-8-4/h9H,5-8H2,1-4H3. The fraction of sp³-hybridized carbons (Fsp3) is 1.00. The average molecular weight is 233 g/mol. The van der Waals surface area contributed by atoms with Crippen LogP contribution in [0.2, 0.25) is 0 Å². The van der Waals surface area contributed by atoms with E-state index in [1.54, 1.807) is 0 Å².